The molecule has 114 valence electrons. The maximum Gasteiger partial charge on any atom is 0.350 e. The van der Waals surface area contributed by atoms with Crippen LogP contribution in [0.5, 0.6) is 0 Å². The van der Waals surface area contributed by atoms with Gasteiger partial charge in [-0.05, 0) is 12.8 Å². The monoisotopic (exact) mass is 315 g/mol. The topological polar surface area (TPSA) is 64.9 Å². The van der Waals surface area contributed by atoms with Crippen molar-refractivity contribution in [1.82, 2.24) is 10.1 Å². The molecule has 1 aromatic heterocycles. The van der Waals surface area contributed by atoms with Crippen molar-refractivity contribution in [2.45, 2.75) is 37.1 Å². The highest BCUT2D eigenvalue weighted by Gasteiger charge is 2.43. The molecular weight excluding hydrogens is 300 g/mol. The van der Waals surface area contributed by atoms with Gasteiger partial charge < -0.3 is 10.3 Å². The van der Waals surface area contributed by atoms with E-state index in [1.165, 1.54) is 12.1 Å². The average Bonchev–Trinajstić information content (AvgIpc) is 3.09. The Balaban J connectivity index is 0.00000161. The van der Waals surface area contributed by atoms with Crippen LogP contribution in [0.1, 0.15) is 43.0 Å². The number of halogens is 3. The molecule has 1 aliphatic carbocycles. The van der Waals surface area contributed by atoms with Crippen molar-refractivity contribution in [2.24, 2.45) is 5.73 Å². The quantitative estimate of drug-likeness (QED) is 0.943. The third kappa shape index (κ3) is 2.78. The van der Waals surface area contributed by atoms with Gasteiger partial charge in [0.15, 0.2) is 5.82 Å². The summed E-state index contributed by atoms with van der Waals surface area (Å²) in [5.74, 6) is -3.82. The molecule has 1 saturated carbocycles. The van der Waals surface area contributed by atoms with Crippen molar-refractivity contribution in [3.8, 4) is 0 Å². The van der Waals surface area contributed by atoms with Crippen LogP contribution < -0.4 is 5.73 Å². The van der Waals surface area contributed by atoms with Crippen LogP contribution in [-0.2, 0) is 11.5 Å². The molecule has 3 rings (SSSR count). The Morgan fingerprint density at radius 2 is 1.76 bits per heavy atom. The summed E-state index contributed by atoms with van der Waals surface area (Å²) in [5, 5.41) is 3.67. The van der Waals surface area contributed by atoms with Gasteiger partial charge in [-0.15, -0.1) is 12.4 Å². The lowest BCUT2D eigenvalue weighted by atomic mass is 9.98. The number of alkyl halides is 2. The molecule has 2 N–H and O–H groups in total. The Morgan fingerprint density at radius 3 is 2.38 bits per heavy atom. The fourth-order valence-electron chi connectivity index (χ4n) is 2.55. The SMILES string of the molecule is Cl.NC1(c2noc(C(F)(F)c3ccccc3)n2)CCCC1. The van der Waals surface area contributed by atoms with Crippen LogP contribution in [0.15, 0.2) is 34.9 Å². The lowest BCUT2D eigenvalue weighted by Crippen LogP contribution is -2.34. The Morgan fingerprint density at radius 1 is 1.14 bits per heavy atom. The van der Waals surface area contributed by atoms with Gasteiger partial charge in [0, 0.05) is 5.56 Å². The first-order valence-corrected chi connectivity index (χ1v) is 6.59. The van der Waals surface area contributed by atoms with E-state index in [1.54, 1.807) is 18.2 Å². The number of hydrogen-bond acceptors (Lipinski definition) is 4. The summed E-state index contributed by atoms with van der Waals surface area (Å²) in [6.45, 7) is 0. The van der Waals surface area contributed by atoms with Gasteiger partial charge in [-0.3, -0.25) is 0 Å². The second-order valence-electron chi connectivity index (χ2n) is 5.23. The van der Waals surface area contributed by atoms with E-state index in [-0.39, 0.29) is 23.8 Å². The van der Waals surface area contributed by atoms with E-state index < -0.39 is 17.4 Å². The van der Waals surface area contributed by atoms with Crippen LogP contribution in [0.2, 0.25) is 0 Å². The minimum atomic E-state index is -3.30. The molecule has 21 heavy (non-hydrogen) atoms. The summed E-state index contributed by atoms with van der Waals surface area (Å²) < 4.78 is 33.3. The maximum absolute atomic E-state index is 14.3. The molecule has 1 aliphatic rings. The van der Waals surface area contributed by atoms with Crippen LogP contribution in [0.25, 0.3) is 0 Å². The Bertz CT molecular complexity index is 597. The van der Waals surface area contributed by atoms with E-state index in [0.29, 0.717) is 12.8 Å². The molecule has 7 heteroatoms. The minimum absolute atomic E-state index is 0. The molecule has 1 heterocycles. The van der Waals surface area contributed by atoms with Gasteiger partial charge >= 0.3 is 11.8 Å². The standard InChI is InChI=1S/C14H15F2N3O.ClH/c15-14(16,10-6-2-1-3-7-10)12-18-11(19-20-12)13(17)8-4-5-9-13;/h1-3,6-7H,4-5,8-9,17H2;1H. The molecule has 0 radical (unpaired) electrons. The average molecular weight is 316 g/mol. The third-order valence-electron chi connectivity index (χ3n) is 3.77. The predicted molar refractivity (Wildman–Crippen MR) is 75.3 cm³/mol. The van der Waals surface area contributed by atoms with E-state index in [4.69, 9.17) is 10.3 Å². The van der Waals surface area contributed by atoms with E-state index >= 15 is 0 Å². The first-order valence-electron chi connectivity index (χ1n) is 6.59. The maximum atomic E-state index is 14.3. The molecule has 0 unspecified atom stereocenters. The predicted octanol–water partition coefficient (Wildman–Crippen LogP) is 3.36. The highest BCUT2D eigenvalue weighted by atomic mass is 35.5. The highest BCUT2D eigenvalue weighted by Crippen LogP contribution is 2.38. The first-order chi connectivity index (χ1) is 9.52. The van der Waals surface area contributed by atoms with Crippen LogP contribution in [0.4, 0.5) is 8.78 Å². The summed E-state index contributed by atoms with van der Waals surface area (Å²) in [5.41, 5.74) is 5.24. The molecule has 1 aromatic carbocycles. The summed E-state index contributed by atoms with van der Waals surface area (Å²) in [6.07, 6.45) is 3.30. The summed E-state index contributed by atoms with van der Waals surface area (Å²) in [4.78, 5) is 3.86. The largest absolute Gasteiger partial charge is 0.350 e. The molecule has 0 amide bonds. The van der Waals surface area contributed by atoms with E-state index in [1.807, 2.05) is 0 Å². The molecule has 0 spiro atoms. The van der Waals surface area contributed by atoms with E-state index in [9.17, 15) is 8.78 Å². The molecule has 4 nitrogen and oxygen atoms in total. The van der Waals surface area contributed by atoms with Gasteiger partial charge in [-0.25, -0.2) is 0 Å². The lowest BCUT2D eigenvalue weighted by Gasteiger charge is -2.18. The molecule has 0 saturated heterocycles. The Kier molecular flexibility index (Phi) is 4.30. The van der Waals surface area contributed by atoms with Crippen LogP contribution in [0.3, 0.4) is 0 Å². The van der Waals surface area contributed by atoms with E-state index in [0.717, 1.165) is 12.8 Å². The minimum Gasteiger partial charge on any atom is -0.332 e. The normalized spacial score (nSPS) is 17.5. The Labute approximate surface area is 127 Å². The summed E-state index contributed by atoms with van der Waals surface area (Å²) in [6, 6.07) is 7.42. The highest BCUT2D eigenvalue weighted by molar-refractivity contribution is 5.85. The number of benzene rings is 1. The van der Waals surface area contributed by atoms with Gasteiger partial charge in [0.05, 0.1) is 5.54 Å². The van der Waals surface area contributed by atoms with Crippen LogP contribution in [0, 0.1) is 0 Å². The van der Waals surface area contributed by atoms with Crippen molar-refractivity contribution in [3.05, 3.63) is 47.6 Å². The second kappa shape index (κ2) is 5.69. The number of rotatable bonds is 3. The van der Waals surface area contributed by atoms with Crippen molar-refractivity contribution in [1.29, 1.82) is 0 Å². The summed E-state index contributed by atoms with van der Waals surface area (Å²) in [7, 11) is 0. The zero-order valence-corrected chi connectivity index (χ0v) is 12.1. The molecule has 0 bridgehead atoms. The second-order valence-corrected chi connectivity index (χ2v) is 5.23. The molecule has 2 aromatic rings. The summed E-state index contributed by atoms with van der Waals surface area (Å²) >= 11 is 0. The van der Waals surface area contributed by atoms with Gasteiger partial charge in [-0.2, -0.15) is 13.8 Å². The smallest absolute Gasteiger partial charge is 0.332 e. The van der Waals surface area contributed by atoms with Crippen molar-refractivity contribution >= 4 is 12.4 Å². The van der Waals surface area contributed by atoms with Gasteiger partial charge in [0.2, 0.25) is 0 Å². The van der Waals surface area contributed by atoms with Crippen LogP contribution >= 0.6 is 12.4 Å². The third-order valence-corrected chi connectivity index (χ3v) is 3.77. The Hall–Kier alpha value is -1.53. The van der Waals surface area contributed by atoms with Gasteiger partial charge in [0.1, 0.15) is 0 Å². The molecule has 1 fully saturated rings. The molecule has 0 atom stereocenters. The van der Waals surface area contributed by atoms with Crippen LogP contribution in [-0.4, -0.2) is 10.1 Å². The fourth-order valence-corrected chi connectivity index (χ4v) is 2.55. The van der Waals surface area contributed by atoms with Crippen molar-refractivity contribution < 1.29 is 13.3 Å². The number of nitrogens with zero attached hydrogens (tertiary/aromatic N) is 2. The number of hydrogen-bond donors (Lipinski definition) is 1. The molecular formula is C14H16ClF2N3O. The lowest BCUT2D eigenvalue weighted by molar-refractivity contribution is 0.00761. The number of nitrogens with two attached hydrogens (primary N) is 1. The van der Waals surface area contributed by atoms with Gasteiger partial charge in [0.25, 0.3) is 0 Å². The fraction of sp³-hybridized carbons (Fsp3) is 0.429. The molecule has 0 aliphatic heterocycles. The first kappa shape index (κ1) is 15.9. The van der Waals surface area contributed by atoms with Crippen molar-refractivity contribution in [2.75, 3.05) is 0 Å². The van der Waals surface area contributed by atoms with E-state index in [2.05, 4.69) is 10.1 Å². The zero-order chi connectivity index (χ0) is 14.2. The van der Waals surface area contributed by atoms with Crippen molar-refractivity contribution in [3.63, 3.8) is 0 Å². The number of aromatic nitrogens is 2. The van der Waals surface area contributed by atoms with Gasteiger partial charge in [-0.1, -0.05) is 48.3 Å². The zero-order valence-electron chi connectivity index (χ0n) is 11.3.